The molecule has 3 aromatic rings. The lowest BCUT2D eigenvalue weighted by Gasteiger charge is -2.15. The first-order chi connectivity index (χ1) is 16.0. The van der Waals surface area contributed by atoms with Crippen molar-refractivity contribution in [3.8, 4) is 28.7 Å². The van der Waals surface area contributed by atoms with Crippen LogP contribution in [0.1, 0.15) is 28.9 Å². The van der Waals surface area contributed by atoms with Gasteiger partial charge in [0, 0.05) is 42.0 Å². The summed E-state index contributed by atoms with van der Waals surface area (Å²) >= 11 is 6.11. The smallest absolute Gasteiger partial charge is 0.406 e. The number of pyridine rings is 1. The van der Waals surface area contributed by atoms with E-state index in [1.54, 1.807) is 19.1 Å². The maximum atomic E-state index is 12.5. The third-order valence-corrected chi connectivity index (χ3v) is 5.60. The normalized spacial score (nSPS) is 11.3. The van der Waals surface area contributed by atoms with E-state index in [1.165, 1.54) is 12.1 Å². The van der Waals surface area contributed by atoms with Gasteiger partial charge >= 0.3 is 6.36 Å². The largest absolute Gasteiger partial charge is 0.573 e. The molecule has 178 valence electrons. The maximum absolute atomic E-state index is 12.5. The summed E-state index contributed by atoms with van der Waals surface area (Å²) in [4.78, 5) is 17.7. The molecule has 0 fully saturated rings. The van der Waals surface area contributed by atoms with Gasteiger partial charge < -0.3 is 14.6 Å². The van der Waals surface area contributed by atoms with Crippen LogP contribution in [0.15, 0.2) is 53.3 Å². The highest BCUT2D eigenvalue weighted by Gasteiger charge is 2.30. The summed E-state index contributed by atoms with van der Waals surface area (Å²) < 4.78 is 40.6. The first kappa shape index (κ1) is 25.4. The summed E-state index contributed by atoms with van der Waals surface area (Å²) in [5.41, 5.74) is 4.25. The zero-order valence-electron chi connectivity index (χ0n) is 19.0. The molecule has 0 aliphatic carbocycles. The first-order valence-corrected chi connectivity index (χ1v) is 10.9. The Labute approximate surface area is 201 Å². The fourth-order valence-corrected chi connectivity index (χ4v) is 3.66. The molecule has 34 heavy (non-hydrogen) atoms. The van der Waals surface area contributed by atoms with Gasteiger partial charge in [-0.1, -0.05) is 47.7 Å². The molecule has 8 heteroatoms. The van der Waals surface area contributed by atoms with Gasteiger partial charge in [-0.25, -0.2) is 0 Å². The van der Waals surface area contributed by atoms with E-state index in [0.717, 1.165) is 22.4 Å². The fourth-order valence-electron chi connectivity index (χ4n) is 3.52. The molecule has 0 bridgehead atoms. The van der Waals surface area contributed by atoms with Crippen molar-refractivity contribution in [1.82, 2.24) is 9.88 Å². The number of aromatic nitrogens is 1. The Hall–Kier alpha value is -3.21. The second-order valence-electron chi connectivity index (χ2n) is 7.95. The minimum absolute atomic E-state index is 0.194. The summed E-state index contributed by atoms with van der Waals surface area (Å²) in [6.07, 6.45) is -4.07. The van der Waals surface area contributed by atoms with Crippen molar-refractivity contribution in [3.63, 3.8) is 0 Å². The monoisotopic (exact) mass is 488 g/mol. The Kier molecular flexibility index (Phi) is 8.08. The number of rotatable bonds is 6. The molecule has 0 atom stereocenters. The van der Waals surface area contributed by atoms with Crippen LogP contribution in [-0.4, -0.2) is 29.8 Å². The Morgan fingerprint density at radius 2 is 1.68 bits per heavy atom. The number of alkyl halides is 3. The number of hydrogen-bond acceptors (Lipinski definition) is 3. The summed E-state index contributed by atoms with van der Waals surface area (Å²) in [5, 5.41) is 0.194. The SMILES string of the molecule is Cc1[nH]c(C)c(-c2ccc(C#CCCN(C)Cc3ccc(OC(F)(F)F)cc3)cc2)c(=O)c1Cl. The number of ether oxygens (including phenoxy) is 1. The fraction of sp³-hybridized carbons (Fsp3) is 0.269. The van der Waals surface area contributed by atoms with Crippen LogP contribution < -0.4 is 10.2 Å². The van der Waals surface area contributed by atoms with Gasteiger partial charge in [-0.3, -0.25) is 4.79 Å². The van der Waals surface area contributed by atoms with E-state index < -0.39 is 6.36 Å². The molecule has 1 N–H and O–H groups in total. The van der Waals surface area contributed by atoms with E-state index in [4.69, 9.17) is 11.6 Å². The summed E-state index contributed by atoms with van der Waals surface area (Å²) in [6, 6.07) is 13.3. The third kappa shape index (κ3) is 6.89. The van der Waals surface area contributed by atoms with Crippen molar-refractivity contribution < 1.29 is 17.9 Å². The molecule has 0 aliphatic rings. The lowest BCUT2D eigenvalue weighted by molar-refractivity contribution is -0.274. The van der Waals surface area contributed by atoms with Gasteiger partial charge in [-0.05, 0) is 56.3 Å². The maximum Gasteiger partial charge on any atom is 0.573 e. The van der Waals surface area contributed by atoms with E-state index in [2.05, 4.69) is 21.6 Å². The summed E-state index contributed by atoms with van der Waals surface area (Å²) in [7, 11) is 1.92. The molecule has 0 radical (unpaired) electrons. The van der Waals surface area contributed by atoms with Crippen molar-refractivity contribution >= 4 is 11.6 Å². The highest BCUT2D eigenvalue weighted by Crippen LogP contribution is 2.24. The van der Waals surface area contributed by atoms with Crippen LogP contribution in [0, 0.1) is 25.7 Å². The number of benzene rings is 2. The molecular formula is C26H24ClF3N2O2. The van der Waals surface area contributed by atoms with Crippen molar-refractivity contribution in [3.05, 3.63) is 86.3 Å². The number of aromatic amines is 1. The molecule has 3 rings (SSSR count). The molecule has 1 aromatic heterocycles. The van der Waals surface area contributed by atoms with Crippen LogP contribution in [0.5, 0.6) is 5.75 Å². The van der Waals surface area contributed by atoms with Crippen LogP contribution in [0.25, 0.3) is 11.1 Å². The third-order valence-electron chi connectivity index (χ3n) is 5.14. The molecular weight excluding hydrogens is 465 g/mol. The number of nitrogens with zero attached hydrogens (tertiary/aromatic N) is 1. The van der Waals surface area contributed by atoms with E-state index in [9.17, 15) is 18.0 Å². The van der Waals surface area contributed by atoms with Crippen molar-refractivity contribution in [2.24, 2.45) is 0 Å². The van der Waals surface area contributed by atoms with Crippen LogP contribution >= 0.6 is 11.6 Å². The van der Waals surface area contributed by atoms with Crippen LogP contribution in [0.3, 0.4) is 0 Å². The molecule has 0 amide bonds. The van der Waals surface area contributed by atoms with E-state index in [1.807, 2.05) is 43.1 Å². The van der Waals surface area contributed by atoms with Gasteiger partial charge in [-0.2, -0.15) is 0 Å². The highest BCUT2D eigenvalue weighted by atomic mass is 35.5. The molecule has 2 aromatic carbocycles. The number of nitrogens with one attached hydrogen (secondary N) is 1. The Balaban J connectivity index is 1.54. The quantitative estimate of drug-likeness (QED) is 0.427. The minimum atomic E-state index is -4.69. The molecule has 0 unspecified atom stereocenters. The molecule has 1 heterocycles. The molecule has 0 spiro atoms. The lowest BCUT2D eigenvalue weighted by atomic mass is 10.0. The number of aryl methyl sites for hydroxylation is 2. The zero-order chi connectivity index (χ0) is 24.9. The van der Waals surface area contributed by atoms with Gasteiger partial charge in [0.25, 0.3) is 0 Å². The lowest BCUT2D eigenvalue weighted by Crippen LogP contribution is -2.19. The molecule has 0 saturated carbocycles. The van der Waals surface area contributed by atoms with Gasteiger partial charge in [-0.15, -0.1) is 13.2 Å². The Bertz CT molecular complexity index is 1260. The number of hydrogen-bond donors (Lipinski definition) is 1. The van der Waals surface area contributed by atoms with Crippen molar-refractivity contribution in [2.75, 3.05) is 13.6 Å². The minimum Gasteiger partial charge on any atom is -0.406 e. The van der Waals surface area contributed by atoms with E-state index in [-0.39, 0.29) is 16.2 Å². The van der Waals surface area contributed by atoms with Crippen molar-refractivity contribution in [2.45, 2.75) is 33.2 Å². The molecule has 0 aliphatic heterocycles. The van der Waals surface area contributed by atoms with Gasteiger partial charge in [0.05, 0.1) is 0 Å². The van der Waals surface area contributed by atoms with Crippen LogP contribution in [0.2, 0.25) is 5.02 Å². The van der Waals surface area contributed by atoms with Gasteiger partial charge in [0.15, 0.2) is 0 Å². The molecule has 0 saturated heterocycles. The first-order valence-electron chi connectivity index (χ1n) is 10.5. The second-order valence-corrected chi connectivity index (χ2v) is 8.33. The van der Waals surface area contributed by atoms with Crippen molar-refractivity contribution in [1.29, 1.82) is 0 Å². The van der Waals surface area contributed by atoms with Crippen LogP contribution in [-0.2, 0) is 6.54 Å². The second kappa shape index (κ2) is 10.8. The van der Waals surface area contributed by atoms with E-state index in [0.29, 0.717) is 30.8 Å². The highest BCUT2D eigenvalue weighted by molar-refractivity contribution is 6.31. The standard InChI is InChI=1S/C26H24ClF3N2O2/c1-17-23(25(33)24(27)18(2)31-17)21-11-7-19(8-12-21)6-4-5-15-32(3)16-20-9-13-22(14-10-20)34-26(28,29)30/h7-14H,5,15-16H2,1-3H3,(H,31,33). The zero-order valence-corrected chi connectivity index (χ0v) is 19.8. The van der Waals surface area contributed by atoms with Crippen LogP contribution in [0.4, 0.5) is 13.2 Å². The average molecular weight is 489 g/mol. The average Bonchev–Trinajstić information content (AvgIpc) is 2.76. The summed E-state index contributed by atoms with van der Waals surface area (Å²) in [5.74, 6) is 6.00. The predicted octanol–water partition coefficient (Wildman–Crippen LogP) is 6.08. The Morgan fingerprint density at radius 3 is 2.29 bits per heavy atom. The Morgan fingerprint density at radius 1 is 1.03 bits per heavy atom. The number of H-pyrrole nitrogens is 1. The molecule has 4 nitrogen and oxygen atoms in total. The van der Waals surface area contributed by atoms with E-state index >= 15 is 0 Å². The number of halogens is 4. The van der Waals surface area contributed by atoms with Gasteiger partial charge in [0.1, 0.15) is 10.8 Å². The predicted molar refractivity (Wildman–Crippen MR) is 128 cm³/mol. The topological polar surface area (TPSA) is 45.3 Å². The van der Waals surface area contributed by atoms with Gasteiger partial charge in [0.2, 0.25) is 5.43 Å². The summed E-state index contributed by atoms with van der Waals surface area (Å²) in [6.45, 7) is 4.88.